The Bertz CT molecular complexity index is 1810. The Morgan fingerprint density at radius 1 is 0.919 bits per heavy atom. The van der Waals surface area contributed by atoms with Crippen LogP contribution in [-0.4, -0.2) is 35.2 Å². The van der Waals surface area contributed by atoms with Gasteiger partial charge in [0, 0.05) is 52.7 Å². The van der Waals surface area contributed by atoms with Crippen molar-refractivity contribution in [3.05, 3.63) is 102 Å². The summed E-state index contributed by atoms with van der Waals surface area (Å²) in [5, 5.41) is 6.46. The zero-order valence-electron chi connectivity index (χ0n) is 19.2. The first-order valence-electron chi connectivity index (χ1n) is 11.4. The number of nitrogens with zero attached hydrogens (tertiary/aromatic N) is 2. The van der Waals surface area contributed by atoms with E-state index in [4.69, 9.17) is 0 Å². The standard InChI is InChI=1S/C27H19N5O4S/c33-26(31-15-16-13-29-25(30-14-16)18-5-7-21-17(11-18)9-10-28-21)19-6-8-24-22(12-19)32-27(34)20-3-1-2-4-23(20)37(24,35)36/h1-14,28H,15H2,(H,31,33)(H,32,34). The van der Waals surface area contributed by atoms with Gasteiger partial charge < -0.3 is 15.6 Å². The van der Waals surface area contributed by atoms with E-state index in [1.807, 2.05) is 30.5 Å². The van der Waals surface area contributed by atoms with Crippen molar-refractivity contribution in [1.29, 1.82) is 0 Å². The Balaban J connectivity index is 1.19. The van der Waals surface area contributed by atoms with Crippen molar-refractivity contribution in [2.45, 2.75) is 16.3 Å². The molecule has 37 heavy (non-hydrogen) atoms. The molecule has 3 N–H and O–H groups in total. The van der Waals surface area contributed by atoms with Gasteiger partial charge in [-0.15, -0.1) is 0 Å². The number of aromatic amines is 1. The van der Waals surface area contributed by atoms with Gasteiger partial charge in [-0.05, 0) is 54.6 Å². The van der Waals surface area contributed by atoms with Crippen LogP contribution in [-0.2, 0) is 16.4 Å². The van der Waals surface area contributed by atoms with Crippen molar-refractivity contribution in [2.75, 3.05) is 5.32 Å². The summed E-state index contributed by atoms with van der Waals surface area (Å²) in [6.07, 6.45) is 5.16. The van der Waals surface area contributed by atoms with Crippen LogP contribution in [0.4, 0.5) is 5.69 Å². The van der Waals surface area contributed by atoms with Crippen LogP contribution < -0.4 is 10.6 Å². The van der Waals surface area contributed by atoms with Crippen molar-refractivity contribution < 1.29 is 18.0 Å². The molecular weight excluding hydrogens is 490 g/mol. The van der Waals surface area contributed by atoms with Crippen molar-refractivity contribution in [2.24, 2.45) is 0 Å². The van der Waals surface area contributed by atoms with Gasteiger partial charge in [0.15, 0.2) is 5.82 Å². The number of carbonyl (C=O) groups excluding carboxylic acids is 2. The minimum atomic E-state index is -3.94. The van der Waals surface area contributed by atoms with Crippen LogP contribution in [0, 0.1) is 0 Å². The maximum atomic E-state index is 13.1. The van der Waals surface area contributed by atoms with Crippen LogP contribution in [0.3, 0.4) is 0 Å². The summed E-state index contributed by atoms with van der Waals surface area (Å²) in [6, 6.07) is 18.0. The summed E-state index contributed by atoms with van der Waals surface area (Å²) in [5.74, 6) is -0.413. The van der Waals surface area contributed by atoms with E-state index in [-0.39, 0.29) is 33.2 Å². The molecule has 0 radical (unpaired) electrons. The second-order valence-corrected chi connectivity index (χ2v) is 10.4. The molecule has 0 spiro atoms. The zero-order chi connectivity index (χ0) is 25.6. The monoisotopic (exact) mass is 509 g/mol. The number of amides is 2. The lowest BCUT2D eigenvalue weighted by Crippen LogP contribution is -2.23. The molecule has 0 saturated heterocycles. The molecule has 9 nitrogen and oxygen atoms in total. The lowest BCUT2D eigenvalue weighted by molar-refractivity contribution is 0.0949. The molecule has 2 aromatic heterocycles. The van der Waals surface area contributed by atoms with Crippen LogP contribution in [0.5, 0.6) is 0 Å². The third-order valence-corrected chi connectivity index (χ3v) is 8.04. The van der Waals surface area contributed by atoms with E-state index < -0.39 is 21.7 Å². The molecule has 3 aromatic carbocycles. The molecule has 0 unspecified atom stereocenters. The van der Waals surface area contributed by atoms with Gasteiger partial charge in [-0.25, -0.2) is 18.4 Å². The van der Waals surface area contributed by atoms with Crippen molar-refractivity contribution in [3.8, 4) is 11.4 Å². The highest BCUT2D eigenvalue weighted by molar-refractivity contribution is 7.91. The Hall–Kier alpha value is -4.83. The van der Waals surface area contributed by atoms with E-state index in [9.17, 15) is 18.0 Å². The van der Waals surface area contributed by atoms with Crippen LogP contribution in [0.2, 0.25) is 0 Å². The third kappa shape index (κ3) is 4.03. The first-order chi connectivity index (χ1) is 17.9. The fraction of sp³-hybridized carbons (Fsp3) is 0.0370. The number of anilines is 1. The zero-order valence-corrected chi connectivity index (χ0v) is 20.0. The summed E-state index contributed by atoms with van der Waals surface area (Å²) in [7, 11) is -3.94. The van der Waals surface area contributed by atoms with Crippen LogP contribution >= 0.6 is 0 Å². The smallest absolute Gasteiger partial charge is 0.257 e. The maximum absolute atomic E-state index is 13.1. The molecule has 0 fully saturated rings. The molecule has 3 heterocycles. The van der Waals surface area contributed by atoms with Crippen molar-refractivity contribution >= 4 is 38.2 Å². The predicted molar refractivity (Wildman–Crippen MR) is 137 cm³/mol. The molecule has 2 amide bonds. The average molecular weight is 510 g/mol. The lowest BCUT2D eigenvalue weighted by atomic mass is 10.1. The van der Waals surface area contributed by atoms with Crippen molar-refractivity contribution in [1.82, 2.24) is 20.3 Å². The molecule has 0 aliphatic carbocycles. The lowest BCUT2D eigenvalue weighted by Gasteiger charge is -2.10. The highest BCUT2D eigenvalue weighted by Crippen LogP contribution is 2.34. The third-order valence-electron chi connectivity index (χ3n) is 6.17. The van der Waals surface area contributed by atoms with Gasteiger partial charge in [0.05, 0.1) is 21.0 Å². The van der Waals surface area contributed by atoms with Crippen LogP contribution in [0.25, 0.3) is 22.3 Å². The van der Waals surface area contributed by atoms with Gasteiger partial charge in [-0.3, -0.25) is 9.59 Å². The van der Waals surface area contributed by atoms with Gasteiger partial charge in [0.2, 0.25) is 9.84 Å². The van der Waals surface area contributed by atoms with Gasteiger partial charge in [0.25, 0.3) is 11.8 Å². The fourth-order valence-electron chi connectivity index (χ4n) is 4.27. The molecule has 182 valence electrons. The molecule has 0 atom stereocenters. The summed E-state index contributed by atoms with van der Waals surface area (Å²) in [6.45, 7) is 0.170. The van der Waals surface area contributed by atoms with E-state index in [0.29, 0.717) is 11.4 Å². The van der Waals surface area contributed by atoms with Crippen LogP contribution in [0.15, 0.2) is 95.1 Å². The first-order valence-corrected chi connectivity index (χ1v) is 12.8. The summed E-state index contributed by atoms with van der Waals surface area (Å²) in [5.41, 5.74) is 2.93. The molecular formula is C27H19N5O4S. The SMILES string of the molecule is O=C(NCc1cnc(-c2ccc3[nH]ccc3c2)nc1)c1ccc2c(c1)NC(=O)c1ccccc1S2(=O)=O. The number of nitrogens with one attached hydrogen (secondary N) is 3. The number of hydrogen-bond donors (Lipinski definition) is 3. The van der Waals surface area contributed by atoms with Gasteiger partial charge in [-0.2, -0.15) is 0 Å². The summed E-state index contributed by atoms with van der Waals surface area (Å²) >= 11 is 0. The largest absolute Gasteiger partial charge is 0.361 e. The van der Waals surface area contributed by atoms with E-state index in [2.05, 4.69) is 25.6 Å². The second kappa shape index (κ2) is 8.68. The fourth-order valence-corrected chi connectivity index (χ4v) is 5.86. The normalized spacial score (nSPS) is 13.8. The quantitative estimate of drug-likeness (QED) is 0.336. The number of benzene rings is 3. The van der Waals surface area contributed by atoms with Gasteiger partial charge >= 0.3 is 0 Å². The molecule has 10 heteroatoms. The average Bonchev–Trinajstić information content (AvgIpc) is 3.37. The number of carbonyl (C=O) groups is 2. The molecule has 0 saturated carbocycles. The Morgan fingerprint density at radius 3 is 2.57 bits per heavy atom. The summed E-state index contributed by atoms with van der Waals surface area (Å²) < 4.78 is 26.3. The second-order valence-electron chi connectivity index (χ2n) is 8.54. The molecule has 0 bridgehead atoms. The molecule has 1 aliphatic heterocycles. The minimum absolute atomic E-state index is 0.0564. The number of H-pyrrole nitrogens is 1. The van der Waals surface area contributed by atoms with Gasteiger partial charge in [-0.1, -0.05) is 12.1 Å². The van der Waals surface area contributed by atoms with E-state index in [1.54, 1.807) is 24.5 Å². The number of aromatic nitrogens is 3. The molecule has 1 aliphatic rings. The summed E-state index contributed by atoms with van der Waals surface area (Å²) in [4.78, 5) is 37.3. The molecule has 6 rings (SSSR count). The highest BCUT2D eigenvalue weighted by Gasteiger charge is 2.31. The number of rotatable bonds is 4. The Labute approximate surface area is 211 Å². The number of fused-ring (bicyclic) bond motifs is 3. The van der Waals surface area contributed by atoms with E-state index in [0.717, 1.165) is 16.5 Å². The number of hydrogen-bond acceptors (Lipinski definition) is 6. The first kappa shape index (κ1) is 22.6. The minimum Gasteiger partial charge on any atom is -0.361 e. The van der Waals surface area contributed by atoms with Crippen molar-refractivity contribution in [3.63, 3.8) is 0 Å². The highest BCUT2D eigenvalue weighted by atomic mass is 32.2. The Morgan fingerprint density at radius 2 is 1.73 bits per heavy atom. The maximum Gasteiger partial charge on any atom is 0.257 e. The van der Waals surface area contributed by atoms with Gasteiger partial charge in [0.1, 0.15) is 0 Å². The van der Waals surface area contributed by atoms with E-state index in [1.165, 1.54) is 30.3 Å². The molecule has 5 aromatic rings. The predicted octanol–water partition coefficient (Wildman–Crippen LogP) is 3.95. The van der Waals surface area contributed by atoms with E-state index >= 15 is 0 Å². The Kier molecular flexibility index (Phi) is 5.31. The number of sulfone groups is 1. The van der Waals surface area contributed by atoms with Crippen LogP contribution in [0.1, 0.15) is 26.3 Å². The topological polar surface area (TPSA) is 134 Å².